The Bertz CT molecular complexity index is 557. The number of rotatable bonds is 3. The zero-order chi connectivity index (χ0) is 12.3. The molecule has 0 aliphatic carbocycles. The van der Waals surface area contributed by atoms with Crippen LogP contribution in [-0.2, 0) is 0 Å². The van der Waals surface area contributed by atoms with E-state index in [1.807, 2.05) is 30.3 Å². The van der Waals surface area contributed by atoms with E-state index in [0.29, 0.717) is 10.2 Å². The molecule has 5 heteroatoms. The van der Waals surface area contributed by atoms with Gasteiger partial charge in [-0.05, 0) is 45.9 Å². The quantitative estimate of drug-likeness (QED) is 0.801. The van der Waals surface area contributed by atoms with Crippen LogP contribution in [0.15, 0.2) is 38.2 Å². The van der Waals surface area contributed by atoms with Crippen molar-refractivity contribution >= 4 is 27.7 Å². The second kappa shape index (κ2) is 5.39. The van der Waals surface area contributed by atoms with Gasteiger partial charge in [-0.1, -0.05) is 12.1 Å². The molecule has 0 unspecified atom stereocenters. The van der Waals surface area contributed by atoms with E-state index >= 15 is 0 Å². The Labute approximate surface area is 112 Å². The smallest absolute Gasteiger partial charge is 0.198 e. The average molecular weight is 309 g/mol. The lowest BCUT2D eigenvalue weighted by molar-refractivity contribution is 0.430. The summed E-state index contributed by atoms with van der Waals surface area (Å²) in [6, 6.07) is 9.95. The largest absolute Gasteiger partial charge is 0.354 e. The van der Waals surface area contributed by atoms with Gasteiger partial charge in [-0.15, -0.1) is 11.8 Å². The fourth-order valence-electron chi connectivity index (χ4n) is 1.40. The molecule has 0 amide bonds. The molecule has 0 saturated heterocycles. The molecule has 0 N–H and O–H groups in total. The lowest BCUT2D eigenvalue weighted by atomic mass is 10.2. The van der Waals surface area contributed by atoms with Gasteiger partial charge in [0.1, 0.15) is 10.5 Å². The van der Waals surface area contributed by atoms with Crippen molar-refractivity contribution < 1.29 is 4.52 Å². The molecular formula is C12H9BrN2OS. The van der Waals surface area contributed by atoms with Crippen LogP contribution in [0.25, 0.3) is 11.3 Å². The Hall–Kier alpha value is -1.25. The van der Waals surface area contributed by atoms with Crippen LogP contribution in [0.5, 0.6) is 0 Å². The van der Waals surface area contributed by atoms with Crippen LogP contribution in [0.4, 0.5) is 0 Å². The molecule has 3 nitrogen and oxygen atoms in total. The van der Waals surface area contributed by atoms with Crippen molar-refractivity contribution in [3.8, 4) is 17.4 Å². The zero-order valence-corrected chi connectivity index (χ0v) is 11.5. The van der Waals surface area contributed by atoms with Crippen molar-refractivity contribution in [1.82, 2.24) is 5.16 Å². The minimum absolute atomic E-state index is 0.270. The summed E-state index contributed by atoms with van der Waals surface area (Å²) >= 11 is 5.10. The summed E-state index contributed by atoms with van der Waals surface area (Å²) in [6.07, 6.45) is 0. The van der Waals surface area contributed by atoms with Gasteiger partial charge in [0.25, 0.3) is 0 Å². The molecule has 0 radical (unpaired) electrons. The predicted molar refractivity (Wildman–Crippen MR) is 70.8 cm³/mol. The van der Waals surface area contributed by atoms with Crippen LogP contribution in [0, 0.1) is 11.3 Å². The summed E-state index contributed by atoms with van der Waals surface area (Å²) in [7, 11) is 0. The normalized spacial score (nSPS) is 10.2. The Morgan fingerprint density at radius 3 is 2.65 bits per heavy atom. The Morgan fingerprint density at radius 2 is 2.12 bits per heavy atom. The van der Waals surface area contributed by atoms with Crippen molar-refractivity contribution in [2.75, 3.05) is 5.75 Å². The van der Waals surface area contributed by atoms with Crippen LogP contribution in [-0.4, -0.2) is 10.9 Å². The molecule has 1 aromatic heterocycles. The molecule has 1 heterocycles. The first-order valence-electron chi connectivity index (χ1n) is 5.04. The predicted octanol–water partition coefficient (Wildman–Crippen LogP) is 4.09. The summed E-state index contributed by atoms with van der Waals surface area (Å²) in [6.45, 7) is 2.12. The maximum atomic E-state index is 8.79. The Kier molecular flexibility index (Phi) is 3.87. The fraction of sp³-hybridized carbons (Fsp3) is 0.167. The topological polar surface area (TPSA) is 49.8 Å². The van der Waals surface area contributed by atoms with E-state index in [0.717, 1.165) is 11.3 Å². The molecule has 86 valence electrons. The molecule has 0 aliphatic heterocycles. The summed E-state index contributed by atoms with van der Waals surface area (Å²) in [5.41, 5.74) is 1.18. The molecule has 17 heavy (non-hydrogen) atoms. The number of halogens is 1. The van der Waals surface area contributed by atoms with Crippen LogP contribution in [0.3, 0.4) is 0 Å². The highest BCUT2D eigenvalue weighted by molar-refractivity contribution is 9.10. The van der Waals surface area contributed by atoms with Crippen molar-refractivity contribution in [2.24, 2.45) is 0 Å². The zero-order valence-electron chi connectivity index (χ0n) is 9.11. The number of aromatic nitrogens is 1. The third-order valence-electron chi connectivity index (χ3n) is 2.17. The first-order valence-corrected chi connectivity index (χ1v) is 6.82. The fourth-order valence-corrected chi connectivity index (χ4v) is 2.52. The molecular weight excluding hydrogens is 300 g/mol. The van der Waals surface area contributed by atoms with Crippen LogP contribution < -0.4 is 0 Å². The summed E-state index contributed by atoms with van der Waals surface area (Å²) < 4.78 is 5.75. The van der Waals surface area contributed by atoms with Gasteiger partial charge >= 0.3 is 0 Å². The number of hydrogen-bond acceptors (Lipinski definition) is 4. The molecule has 0 saturated carbocycles. The Morgan fingerprint density at radius 1 is 1.41 bits per heavy atom. The van der Waals surface area contributed by atoms with Gasteiger partial charge in [0.2, 0.25) is 0 Å². The maximum Gasteiger partial charge on any atom is 0.198 e. The van der Waals surface area contributed by atoms with Gasteiger partial charge in [-0.3, -0.25) is 0 Å². The van der Waals surface area contributed by atoms with Crippen LogP contribution >= 0.6 is 27.7 Å². The minimum Gasteiger partial charge on any atom is -0.354 e. The highest BCUT2D eigenvalue weighted by atomic mass is 79.9. The third-order valence-corrected chi connectivity index (χ3v) is 3.80. The van der Waals surface area contributed by atoms with E-state index in [-0.39, 0.29) is 5.69 Å². The van der Waals surface area contributed by atoms with Gasteiger partial charge in [0, 0.05) is 10.5 Å². The second-order valence-electron chi connectivity index (χ2n) is 3.24. The molecule has 1 aromatic carbocycles. The number of benzene rings is 1. The summed E-state index contributed by atoms with van der Waals surface area (Å²) in [4.78, 5) is 1.22. The molecule has 0 bridgehead atoms. The highest BCUT2D eigenvalue weighted by Crippen LogP contribution is 2.31. The first-order chi connectivity index (χ1) is 8.26. The monoisotopic (exact) mass is 308 g/mol. The molecule has 0 atom stereocenters. The van der Waals surface area contributed by atoms with E-state index in [1.54, 1.807) is 11.8 Å². The van der Waals surface area contributed by atoms with Crippen molar-refractivity contribution in [1.29, 1.82) is 5.26 Å². The SMILES string of the molecule is CCSc1ccc(-c2onc(C#N)c2Br)cc1. The lowest BCUT2D eigenvalue weighted by Gasteiger charge is -2.00. The minimum atomic E-state index is 0.270. The van der Waals surface area contributed by atoms with E-state index < -0.39 is 0 Å². The van der Waals surface area contributed by atoms with Crippen molar-refractivity contribution in [2.45, 2.75) is 11.8 Å². The number of nitriles is 1. The molecule has 2 rings (SSSR count). The molecule has 0 spiro atoms. The Balaban J connectivity index is 2.34. The summed E-state index contributed by atoms with van der Waals surface area (Å²) in [5.74, 6) is 1.64. The molecule has 0 fully saturated rings. The number of nitrogens with zero attached hydrogens (tertiary/aromatic N) is 2. The van der Waals surface area contributed by atoms with E-state index in [1.165, 1.54) is 4.90 Å². The summed E-state index contributed by atoms with van der Waals surface area (Å²) in [5, 5.41) is 12.5. The van der Waals surface area contributed by atoms with Gasteiger partial charge in [0.15, 0.2) is 11.5 Å². The average Bonchev–Trinajstić information content (AvgIpc) is 2.72. The molecule has 2 aromatic rings. The van der Waals surface area contributed by atoms with Crippen LogP contribution in [0.1, 0.15) is 12.6 Å². The van der Waals surface area contributed by atoms with Crippen molar-refractivity contribution in [3.63, 3.8) is 0 Å². The van der Waals surface area contributed by atoms with Gasteiger partial charge in [-0.25, -0.2) is 0 Å². The van der Waals surface area contributed by atoms with Gasteiger partial charge in [0.05, 0.1) is 0 Å². The van der Waals surface area contributed by atoms with E-state index in [9.17, 15) is 0 Å². The van der Waals surface area contributed by atoms with Gasteiger partial charge in [-0.2, -0.15) is 5.26 Å². The third kappa shape index (κ3) is 2.54. The maximum absolute atomic E-state index is 8.79. The van der Waals surface area contributed by atoms with E-state index in [2.05, 4.69) is 28.0 Å². The van der Waals surface area contributed by atoms with Crippen molar-refractivity contribution in [3.05, 3.63) is 34.4 Å². The molecule has 0 aliphatic rings. The first kappa shape index (κ1) is 12.2. The van der Waals surface area contributed by atoms with Crippen LogP contribution in [0.2, 0.25) is 0 Å². The number of thioether (sulfide) groups is 1. The standard InChI is InChI=1S/C12H9BrN2OS/c1-2-17-9-5-3-8(4-6-9)12-11(13)10(7-14)15-16-12/h3-6H,2H2,1H3. The second-order valence-corrected chi connectivity index (χ2v) is 5.37. The number of hydrogen-bond donors (Lipinski definition) is 0. The lowest BCUT2D eigenvalue weighted by Crippen LogP contribution is -1.78. The highest BCUT2D eigenvalue weighted by Gasteiger charge is 2.14. The van der Waals surface area contributed by atoms with E-state index in [4.69, 9.17) is 9.78 Å². The van der Waals surface area contributed by atoms with Gasteiger partial charge < -0.3 is 4.52 Å².